The molecule has 3 rings (SSSR count). The van der Waals surface area contributed by atoms with Gasteiger partial charge in [-0.05, 0) is 29.3 Å². The first kappa shape index (κ1) is 13.0. The Morgan fingerprint density at radius 2 is 1.79 bits per heavy atom. The van der Waals surface area contributed by atoms with Crippen molar-refractivity contribution in [3.8, 4) is 0 Å². The molecule has 0 N–H and O–H groups in total. The Morgan fingerprint density at radius 3 is 2.63 bits per heavy atom. The minimum Gasteiger partial charge on any atom is -0.353 e. The van der Waals surface area contributed by atoms with Crippen LogP contribution in [0.4, 0.5) is 0 Å². The van der Waals surface area contributed by atoms with E-state index in [-0.39, 0.29) is 6.29 Å². The Balaban J connectivity index is 1.56. The van der Waals surface area contributed by atoms with Crippen molar-refractivity contribution in [2.75, 3.05) is 19.0 Å². The lowest BCUT2D eigenvalue weighted by Gasteiger charge is -2.22. The molecule has 0 amide bonds. The van der Waals surface area contributed by atoms with Crippen LogP contribution in [0.3, 0.4) is 0 Å². The van der Waals surface area contributed by atoms with E-state index in [4.69, 9.17) is 9.47 Å². The van der Waals surface area contributed by atoms with Gasteiger partial charge in [0.25, 0.3) is 0 Å². The van der Waals surface area contributed by atoms with Crippen LogP contribution in [0.5, 0.6) is 0 Å². The quantitative estimate of drug-likeness (QED) is 0.783. The minimum absolute atomic E-state index is 0.00158. The first-order chi connectivity index (χ1) is 9.42. The third-order valence-electron chi connectivity index (χ3n) is 3.24. The Labute approximate surface area is 118 Å². The van der Waals surface area contributed by atoms with Crippen molar-refractivity contribution in [1.29, 1.82) is 0 Å². The van der Waals surface area contributed by atoms with Crippen LogP contribution in [-0.2, 0) is 9.47 Å². The zero-order valence-corrected chi connectivity index (χ0v) is 11.7. The van der Waals surface area contributed by atoms with Crippen molar-refractivity contribution in [1.82, 2.24) is 0 Å². The van der Waals surface area contributed by atoms with E-state index in [0.717, 1.165) is 31.8 Å². The van der Waals surface area contributed by atoms with Crippen LogP contribution in [0.15, 0.2) is 47.4 Å². The molecule has 2 aromatic rings. The Kier molecular flexibility index (Phi) is 4.38. The molecule has 0 spiro atoms. The molecule has 100 valence electrons. The second kappa shape index (κ2) is 6.42. The summed E-state index contributed by atoms with van der Waals surface area (Å²) in [5, 5.41) is 2.60. The smallest absolute Gasteiger partial charge is 0.158 e. The van der Waals surface area contributed by atoms with E-state index in [1.807, 2.05) is 11.8 Å². The molecule has 2 nitrogen and oxygen atoms in total. The average molecular weight is 274 g/mol. The number of benzene rings is 2. The van der Waals surface area contributed by atoms with Gasteiger partial charge in [0.15, 0.2) is 6.29 Å². The summed E-state index contributed by atoms with van der Waals surface area (Å²) in [6.45, 7) is 1.68. The molecule has 0 bridgehead atoms. The summed E-state index contributed by atoms with van der Waals surface area (Å²) in [7, 11) is 0. The Hall–Kier alpha value is -1.03. The van der Waals surface area contributed by atoms with Gasteiger partial charge in [0.05, 0.1) is 13.2 Å². The molecular weight excluding hydrogens is 256 g/mol. The lowest BCUT2D eigenvalue weighted by atomic mass is 10.1. The van der Waals surface area contributed by atoms with Crippen LogP contribution >= 0.6 is 11.8 Å². The van der Waals surface area contributed by atoms with E-state index < -0.39 is 0 Å². The number of thioether (sulfide) groups is 1. The molecule has 1 aliphatic heterocycles. The van der Waals surface area contributed by atoms with Crippen molar-refractivity contribution < 1.29 is 9.47 Å². The third-order valence-corrected chi connectivity index (χ3v) is 4.27. The predicted octanol–water partition coefficient (Wildman–Crippen LogP) is 4.09. The van der Waals surface area contributed by atoms with E-state index in [1.165, 1.54) is 15.7 Å². The van der Waals surface area contributed by atoms with Crippen LogP contribution < -0.4 is 0 Å². The maximum absolute atomic E-state index is 5.55. The topological polar surface area (TPSA) is 18.5 Å². The number of hydrogen-bond donors (Lipinski definition) is 0. The standard InChI is InChI=1S/C16H18O2S/c1-2-5-14-12-15(7-6-13(14)4-1)19-11-8-16-17-9-3-10-18-16/h1-2,4-7,12,16H,3,8-11H2. The second-order valence-corrected chi connectivity index (χ2v) is 5.84. The molecule has 19 heavy (non-hydrogen) atoms. The summed E-state index contributed by atoms with van der Waals surface area (Å²) >= 11 is 1.87. The molecule has 0 aliphatic carbocycles. The molecule has 0 aromatic heterocycles. The van der Waals surface area contributed by atoms with Crippen molar-refractivity contribution >= 4 is 22.5 Å². The van der Waals surface area contributed by atoms with E-state index in [9.17, 15) is 0 Å². The van der Waals surface area contributed by atoms with Gasteiger partial charge in [-0.15, -0.1) is 11.8 Å². The SMILES string of the molecule is c1ccc2cc(SCCC3OCCCO3)ccc2c1. The van der Waals surface area contributed by atoms with Gasteiger partial charge in [-0.25, -0.2) is 0 Å². The molecule has 1 fully saturated rings. The fourth-order valence-corrected chi connectivity index (χ4v) is 3.15. The Morgan fingerprint density at radius 1 is 1.00 bits per heavy atom. The summed E-state index contributed by atoms with van der Waals surface area (Å²) < 4.78 is 11.1. The van der Waals surface area contributed by atoms with Gasteiger partial charge in [0, 0.05) is 17.1 Å². The van der Waals surface area contributed by atoms with Crippen molar-refractivity contribution in [2.45, 2.75) is 24.0 Å². The van der Waals surface area contributed by atoms with Gasteiger partial charge in [0.2, 0.25) is 0 Å². The highest BCUT2D eigenvalue weighted by Crippen LogP contribution is 2.25. The second-order valence-electron chi connectivity index (χ2n) is 4.67. The number of hydrogen-bond acceptors (Lipinski definition) is 3. The number of fused-ring (bicyclic) bond motifs is 1. The molecule has 2 aromatic carbocycles. The fourth-order valence-electron chi connectivity index (χ4n) is 2.23. The summed E-state index contributed by atoms with van der Waals surface area (Å²) in [5.41, 5.74) is 0. The molecular formula is C16H18O2S. The highest BCUT2D eigenvalue weighted by atomic mass is 32.2. The Bertz CT molecular complexity index is 535. The largest absolute Gasteiger partial charge is 0.353 e. The zero-order chi connectivity index (χ0) is 12.9. The van der Waals surface area contributed by atoms with Crippen molar-refractivity contribution in [2.24, 2.45) is 0 Å². The van der Waals surface area contributed by atoms with E-state index in [0.29, 0.717) is 0 Å². The van der Waals surface area contributed by atoms with Crippen LogP contribution in [-0.4, -0.2) is 25.3 Å². The highest BCUT2D eigenvalue weighted by Gasteiger charge is 2.13. The number of ether oxygens (including phenoxy) is 2. The lowest BCUT2D eigenvalue weighted by molar-refractivity contribution is -0.178. The highest BCUT2D eigenvalue weighted by molar-refractivity contribution is 7.99. The lowest BCUT2D eigenvalue weighted by Crippen LogP contribution is -2.25. The maximum atomic E-state index is 5.55. The molecule has 1 aliphatic rings. The first-order valence-corrected chi connectivity index (χ1v) is 7.75. The van der Waals surface area contributed by atoms with Gasteiger partial charge in [-0.3, -0.25) is 0 Å². The molecule has 0 atom stereocenters. The van der Waals surface area contributed by atoms with Crippen LogP contribution in [0.2, 0.25) is 0 Å². The van der Waals surface area contributed by atoms with Gasteiger partial charge in [-0.1, -0.05) is 30.3 Å². The molecule has 0 unspecified atom stereocenters. The monoisotopic (exact) mass is 274 g/mol. The van der Waals surface area contributed by atoms with E-state index in [1.54, 1.807) is 0 Å². The molecule has 1 saturated heterocycles. The van der Waals surface area contributed by atoms with E-state index in [2.05, 4.69) is 42.5 Å². The van der Waals surface area contributed by atoms with Gasteiger partial charge in [0.1, 0.15) is 0 Å². The first-order valence-electron chi connectivity index (χ1n) is 6.77. The van der Waals surface area contributed by atoms with Crippen LogP contribution in [0, 0.1) is 0 Å². The normalized spacial score (nSPS) is 16.8. The predicted molar refractivity (Wildman–Crippen MR) is 79.6 cm³/mol. The summed E-state index contributed by atoms with van der Waals surface area (Å²) in [4.78, 5) is 1.31. The summed E-state index contributed by atoms with van der Waals surface area (Å²) in [5.74, 6) is 1.03. The van der Waals surface area contributed by atoms with Crippen LogP contribution in [0.1, 0.15) is 12.8 Å². The van der Waals surface area contributed by atoms with Crippen molar-refractivity contribution in [3.05, 3.63) is 42.5 Å². The number of rotatable bonds is 4. The minimum atomic E-state index is 0.00158. The summed E-state index contributed by atoms with van der Waals surface area (Å²) in [6, 6.07) is 15.1. The molecule has 1 heterocycles. The molecule has 0 radical (unpaired) electrons. The summed E-state index contributed by atoms with van der Waals surface area (Å²) in [6.07, 6.45) is 1.98. The van der Waals surface area contributed by atoms with Crippen LogP contribution in [0.25, 0.3) is 10.8 Å². The van der Waals surface area contributed by atoms with Gasteiger partial charge >= 0.3 is 0 Å². The maximum Gasteiger partial charge on any atom is 0.158 e. The van der Waals surface area contributed by atoms with Crippen molar-refractivity contribution in [3.63, 3.8) is 0 Å². The molecule has 3 heteroatoms. The van der Waals surface area contributed by atoms with Gasteiger partial charge < -0.3 is 9.47 Å². The van der Waals surface area contributed by atoms with Gasteiger partial charge in [-0.2, -0.15) is 0 Å². The van der Waals surface area contributed by atoms with E-state index >= 15 is 0 Å². The average Bonchev–Trinajstić information content (AvgIpc) is 2.48. The molecule has 0 saturated carbocycles. The third kappa shape index (κ3) is 3.50. The fraction of sp³-hybridized carbons (Fsp3) is 0.375. The zero-order valence-electron chi connectivity index (χ0n) is 10.9.